The number of carbonyl (C=O) groups excluding carboxylic acids is 1. The monoisotopic (exact) mass is 418 g/mol. The zero-order chi connectivity index (χ0) is 21.6. The van der Waals surface area contributed by atoms with Gasteiger partial charge in [-0.2, -0.15) is 13.2 Å². The van der Waals surface area contributed by atoms with Crippen LogP contribution in [0.3, 0.4) is 0 Å². The minimum Gasteiger partial charge on any atom is -0.352 e. The van der Waals surface area contributed by atoms with E-state index in [0.717, 1.165) is 44.6 Å². The van der Waals surface area contributed by atoms with E-state index in [1.165, 1.54) is 25.0 Å². The number of piperidine rings is 1. The number of nitrogens with zero attached hydrogens (tertiary/aromatic N) is 1. The molecule has 0 saturated carbocycles. The van der Waals surface area contributed by atoms with Crippen LogP contribution in [0.4, 0.5) is 13.2 Å². The molecule has 6 heteroatoms. The molecule has 1 atom stereocenters. The van der Waals surface area contributed by atoms with Crippen LogP contribution in [-0.4, -0.2) is 37.0 Å². The van der Waals surface area contributed by atoms with Gasteiger partial charge < -0.3 is 10.2 Å². The van der Waals surface area contributed by atoms with Crippen molar-refractivity contribution >= 4 is 5.91 Å². The summed E-state index contributed by atoms with van der Waals surface area (Å²) < 4.78 is 38.5. The third-order valence-corrected chi connectivity index (χ3v) is 5.68. The molecule has 0 spiro atoms. The van der Waals surface area contributed by atoms with Crippen LogP contribution in [0.25, 0.3) is 11.1 Å². The third-order valence-electron chi connectivity index (χ3n) is 5.68. The second kappa shape index (κ2) is 10.1. The Balaban J connectivity index is 1.66. The maximum Gasteiger partial charge on any atom is 0.416 e. The quantitative estimate of drug-likeness (QED) is 0.633. The number of hydrogen-bond donors (Lipinski definition) is 1. The van der Waals surface area contributed by atoms with Gasteiger partial charge in [-0.3, -0.25) is 4.79 Å². The van der Waals surface area contributed by atoms with Crippen molar-refractivity contribution in [2.45, 2.75) is 38.8 Å². The molecule has 0 aromatic heterocycles. The summed E-state index contributed by atoms with van der Waals surface area (Å²) in [5.74, 6) is 0.244. The third kappa shape index (κ3) is 5.85. The number of carbonyl (C=O) groups is 1. The molecule has 1 aliphatic heterocycles. The van der Waals surface area contributed by atoms with Gasteiger partial charge in [0.1, 0.15) is 0 Å². The van der Waals surface area contributed by atoms with Gasteiger partial charge in [0, 0.05) is 18.7 Å². The first-order valence-electron chi connectivity index (χ1n) is 10.7. The molecule has 1 aliphatic rings. The molecule has 2 aromatic carbocycles. The topological polar surface area (TPSA) is 32.3 Å². The van der Waals surface area contributed by atoms with E-state index in [0.29, 0.717) is 29.2 Å². The molecule has 1 N–H and O–H groups in total. The van der Waals surface area contributed by atoms with Gasteiger partial charge in [0.05, 0.1) is 5.56 Å². The SMILES string of the molecule is CCCCN1CCCC(CNC(=O)c2ccccc2-c2ccc(C(F)(F)F)cc2)C1. The van der Waals surface area contributed by atoms with Crippen LogP contribution in [0.5, 0.6) is 0 Å². The van der Waals surface area contributed by atoms with Crippen molar-refractivity contribution < 1.29 is 18.0 Å². The first-order chi connectivity index (χ1) is 14.4. The molecule has 1 saturated heterocycles. The summed E-state index contributed by atoms with van der Waals surface area (Å²) in [4.78, 5) is 15.3. The van der Waals surface area contributed by atoms with E-state index in [1.54, 1.807) is 24.3 Å². The van der Waals surface area contributed by atoms with Crippen molar-refractivity contribution in [1.82, 2.24) is 10.2 Å². The number of likely N-dealkylation sites (tertiary alicyclic amines) is 1. The van der Waals surface area contributed by atoms with Gasteiger partial charge in [-0.25, -0.2) is 0 Å². The molecule has 30 heavy (non-hydrogen) atoms. The zero-order valence-corrected chi connectivity index (χ0v) is 17.3. The fourth-order valence-electron chi connectivity index (χ4n) is 4.01. The first-order valence-corrected chi connectivity index (χ1v) is 10.7. The molecular formula is C24H29F3N2O. The van der Waals surface area contributed by atoms with Crippen LogP contribution >= 0.6 is 0 Å². The lowest BCUT2D eigenvalue weighted by molar-refractivity contribution is -0.137. The molecule has 1 amide bonds. The van der Waals surface area contributed by atoms with Gasteiger partial charge in [0.15, 0.2) is 0 Å². The minimum atomic E-state index is -4.37. The number of rotatable bonds is 7. The molecule has 3 rings (SSSR count). The Labute approximate surface area is 176 Å². The number of amides is 1. The van der Waals surface area contributed by atoms with E-state index in [-0.39, 0.29) is 5.91 Å². The first kappa shape index (κ1) is 22.3. The van der Waals surface area contributed by atoms with Gasteiger partial charge in [-0.05, 0) is 67.6 Å². The highest BCUT2D eigenvalue weighted by atomic mass is 19.4. The van der Waals surface area contributed by atoms with E-state index in [9.17, 15) is 18.0 Å². The molecular weight excluding hydrogens is 389 g/mol. The number of unbranched alkanes of at least 4 members (excludes halogenated alkanes) is 1. The number of alkyl halides is 3. The van der Waals surface area contributed by atoms with Crippen molar-refractivity contribution in [2.75, 3.05) is 26.2 Å². The summed E-state index contributed by atoms with van der Waals surface area (Å²) in [5, 5.41) is 3.05. The van der Waals surface area contributed by atoms with Gasteiger partial charge in [-0.15, -0.1) is 0 Å². The second-order valence-corrected chi connectivity index (χ2v) is 7.99. The number of nitrogens with one attached hydrogen (secondary N) is 1. The van der Waals surface area contributed by atoms with E-state index in [4.69, 9.17) is 0 Å². The zero-order valence-electron chi connectivity index (χ0n) is 17.3. The van der Waals surface area contributed by atoms with Crippen LogP contribution < -0.4 is 5.32 Å². The van der Waals surface area contributed by atoms with E-state index < -0.39 is 11.7 Å². The molecule has 2 aromatic rings. The summed E-state index contributed by atoms with van der Waals surface area (Å²) in [7, 11) is 0. The highest BCUT2D eigenvalue weighted by molar-refractivity contribution is 6.00. The number of hydrogen-bond acceptors (Lipinski definition) is 2. The second-order valence-electron chi connectivity index (χ2n) is 7.99. The highest BCUT2D eigenvalue weighted by Crippen LogP contribution is 2.32. The number of halogens is 3. The van der Waals surface area contributed by atoms with Crippen molar-refractivity contribution in [3.63, 3.8) is 0 Å². The van der Waals surface area contributed by atoms with Gasteiger partial charge >= 0.3 is 6.18 Å². The van der Waals surface area contributed by atoms with Crippen molar-refractivity contribution in [3.05, 3.63) is 59.7 Å². The minimum absolute atomic E-state index is 0.184. The summed E-state index contributed by atoms with van der Waals surface area (Å²) in [6.07, 6.45) is 0.245. The fourth-order valence-corrected chi connectivity index (χ4v) is 4.01. The molecule has 162 valence electrons. The normalized spacial score (nSPS) is 17.7. The van der Waals surface area contributed by atoms with Crippen LogP contribution in [0.15, 0.2) is 48.5 Å². The molecule has 3 nitrogen and oxygen atoms in total. The Bertz CT molecular complexity index is 833. The smallest absolute Gasteiger partial charge is 0.352 e. The maximum atomic E-state index is 12.9. The van der Waals surface area contributed by atoms with Crippen molar-refractivity contribution in [1.29, 1.82) is 0 Å². The highest BCUT2D eigenvalue weighted by Gasteiger charge is 2.30. The van der Waals surface area contributed by atoms with Crippen LogP contribution in [0.2, 0.25) is 0 Å². The average Bonchev–Trinajstić information content (AvgIpc) is 2.76. The lowest BCUT2D eigenvalue weighted by atomic mass is 9.96. The van der Waals surface area contributed by atoms with E-state index in [2.05, 4.69) is 17.1 Å². The Morgan fingerprint density at radius 3 is 2.57 bits per heavy atom. The summed E-state index contributed by atoms with van der Waals surface area (Å²) in [6.45, 7) is 6.04. The summed E-state index contributed by atoms with van der Waals surface area (Å²) >= 11 is 0. The predicted octanol–water partition coefficient (Wildman–Crippen LogP) is 5.61. The molecule has 1 unspecified atom stereocenters. The van der Waals surface area contributed by atoms with Crippen molar-refractivity contribution in [3.8, 4) is 11.1 Å². The van der Waals surface area contributed by atoms with Crippen molar-refractivity contribution in [2.24, 2.45) is 5.92 Å². The summed E-state index contributed by atoms with van der Waals surface area (Å²) in [5.41, 5.74) is 1.02. The molecule has 1 heterocycles. The van der Waals surface area contributed by atoms with E-state index >= 15 is 0 Å². The fraction of sp³-hybridized carbons (Fsp3) is 0.458. The predicted molar refractivity (Wildman–Crippen MR) is 113 cm³/mol. The van der Waals surface area contributed by atoms with Gasteiger partial charge in [0.2, 0.25) is 0 Å². The standard InChI is InChI=1S/C24H29F3N2O/c1-2-3-14-29-15-6-7-18(17-29)16-28-23(30)22-9-5-4-8-21(22)19-10-12-20(13-11-19)24(25,26)27/h4-5,8-13,18H,2-3,6-7,14-17H2,1H3,(H,28,30). The van der Waals surface area contributed by atoms with E-state index in [1.807, 2.05) is 0 Å². The van der Waals surface area contributed by atoms with Crippen LogP contribution in [-0.2, 0) is 6.18 Å². The molecule has 1 fully saturated rings. The lowest BCUT2D eigenvalue weighted by Crippen LogP contribution is -2.41. The Morgan fingerprint density at radius 1 is 1.13 bits per heavy atom. The average molecular weight is 419 g/mol. The largest absolute Gasteiger partial charge is 0.416 e. The van der Waals surface area contributed by atoms with Crippen LogP contribution in [0.1, 0.15) is 48.5 Å². The maximum absolute atomic E-state index is 12.9. The molecule has 0 aliphatic carbocycles. The van der Waals surface area contributed by atoms with Gasteiger partial charge in [0.25, 0.3) is 5.91 Å². The Morgan fingerprint density at radius 2 is 1.87 bits per heavy atom. The van der Waals surface area contributed by atoms with Gasteiger partial charge in [-0.1, -0.05) is 43.7 Å². The lowest BCUT2D eigenvalue weighted by Gasteiger charge is -2.32. The Hall–Kier alpha value is -2.34. The number of benzene rings is 2. The molecule has 0 radical (unpaired) electrons. The Kier molecular flexibility index (Phi) is 7.53. The summed E-state index contributed by atoms with van der Waals surface area (Å²) in [6, 6.07) is 12.0. The van der Waals surface area contributed by atoms with Crippen LogP contribution in [0, 0.1) is 5.92 Å². The molecule has 0 bridgehead atoms.